The molecule has 3 aromatic rings. The maximum Gasteiger partial charge on any atom is 0.271 e. The number of nitrogens with one attached hydrogen (secondary N) is 1. The van der Waals surface area contributed by atoms with Crippen molar-refractivity contribution in [3.05, 3.63) is 77.2 Å². The monoisotopic (exact) mass is 428 g/mol. The summed E-state index contributed by atoms with van der Waals surface area (Å²) < 4.78 is 27.3. The van der Waals surface area contributed by atoms with Crippen LogP contribution < -0.4 is 4.72 Å². The highest BCUT2D eigenvalue weighted by Gasteiger charge is 2.31. The third-order valence-electron chi connectivity index (χ3n) is 4.94. The number of carbonyl (C=O) groups excluding carboxylic acids is 1. The molecule has 1 amide bonds. The molecule has 2 aromatic carbocycles. The summed E-state index contributed by atoms with van der Waals surface area (Å²) in [5.74, 6) is -0.512. The molecule has 1 atom stereocenters. The van der Waals surface area contributed by atoms with E-state index in [1.807, 2.05) is 30.3 Å². The van der Waals surface area contributed by atoms with Gasteiger partial charge in [-0.15, -0.1) is 11.3 Å². The van der Waals surface area contributed by atoms with Gasteiger partial charge in [0.2, 0.25) is 0 Å². The first-order chi connectivity index (χ1) is 14.0. The van der Waals surface area contributed by atoms with E-state index in [0.29, 0.717) is 6.54 Å². The number of carbonyl (C=O) groups is 1. The summed E-state index contributed by atoms with van der Waals surface area (Å²) in [5, 5.41) is 12.1. The molecule has 0 aliphatic carbocycles. The Morgan fingerprint density at radius 1 is 1.10 bits per heavy atom. The van der Waals surface area contributed by atoms with Crippen molar-refractivity contribution in [1.82, 2.24) is 4.90 Å². The van der Waals surface area contributed by atoms with E-state index in [1.54, 1.807) is 16.3 Å². The first-order valence-corrected chi connectivity index (χ1v) is 11.6. The largest absolute Gasteiger partial charge is 0.507 e. The quantitative estimate of drug-likeness (QED) is 0.637. The smallest absolute Gasteiger partial charge is 0.271 e. The standard InChI is InChI=1S/C21H20N2O4S2/c24-19-14-16(22-29(26,27)20-9-5-13-28-20)10-11-17(19)21(25)23-12-4-8-18(23)15-6-2-1-3-7-15/h1-3,5-7,9-11,13-14,18,22,24H,4,8,12H2. The fraction of sp³-hybridized carbons (Fsp3) is 0.190. The molecule has 1 fully saturated rings. The lowest BCUT2D eigenvalue weighted by Crippen LogP contribution is -2.30. The molecule has 1 unspecified atom stereocenters. The molecule has 1 saturated heterocycles. The highest BCUT2D eigenvalue weighted by atomic mass is 32.2. The van der Waals surface area contributed by atoms with Crippen molar-refractivity contribution in [3.63, 3.8) is 0 Å². The Hall–Kier alpha value is -2.84. The van der Waals surface area contributed by atoms with E-state index in [-0.39, 0.29) is 33.2 Å². The van der Waals surface area contributed by atoms with Crippen molar-refractivity contribution in [2.75, 3.05) is 11.3 Å². The minimum atomic E-state index is -3.72. The fourth-order valence-corrected chi connectivity index (χ4v) is 5.63. The highest BCUT2D eigenvalue weighted by molar-refractivity contribution is 7.94. The van der Waals surface area contributed by atoms with Crippen molar-refractivity contribution in [2.45, 2.75) is 23.1 Å². The van der Waals surface area contributed by atoms with Crippen LogP contribution in [-0.2, 0) is 10.0 Å². The van der Waals surface area contributed by atoms with Crippen LogP contribution in [0.2, 0.25) is 0 Å². The molecule has 1 aromatic heterocycles. The predicted molar refractivity (Wildman–Crippen MR) is 113 cm³/mol. The van der Waals surface area contributed by atoms with Gasteiger partial charge in [-0.05, 0) is 42.0 Å². The van der Waals surface area contributed by atoms with E-state index in [4.69, 9.17) is 0 Å². The maximum absolute atomic E-state index is 13.1. The van der Waals surface area contributed by atoms with Gasteiger partial charge >= 0.3 is 0 Å². The van der Waals surface area contributed by atoms with Crippen molar-refractivity contribution in [2.24, 2.45) is 0 Å². The molecule has 29 heavy (non-hydrogen) atoms. The number of sulfonamides is 1. The van der Waals surface area contributed by atoms with Crippen LogP contribution in [0, 0.1) is 0 Å². The average molecular weight is 429 g/mol. The zero-order chi connectivity index (χ0) is 20.4. The number of phenols is 1. The number of hydrogen-bond acceptors (Lipinski definition) is 5. The molecule has 6 nitrogen and oxygen atoms in total. The summed E-state index contributed by atoms with van der Waals surface area (Å²) in [5.41, 5.74) is 1.43. The Kier molecular flexibility index (Phi) is 5.29. The molecule has 0 spiro atoms. The number of thiophene rings is 1. The van der Waals surface area contributed by atoms with Crippen LogP contribution in [0.5, 0.6) is 5.75 Å². The Morgan fingerprint density at radius 3 is 2.59 bits per heavy atom. The summed E-state index contributed by atoms with van der Waals surface area (Å²) in [6.07, 6.45) is 1.76. The number of benzene rings is 2. The number of rotatable bonds is 5. The van der Waals surface area contributed by atoms with E-state index in [9.17, 15) is 18.3 Å². The Morgan fingerprint density at radius 2 is 1.90 bits per heavy atom. The van der Waals surface area contributed by atoms with E-state index < -0.39 is 10.0 Å². The van der Waals surface area contributed by atoms with Gasteiger partial charge in [0.1, 0.15) is 9.96 Å². The number of nitrogens with zero attached hydrogens (tertiary/aromatic N) is 1. The normalized spacial score (nSPS) is 16.7. The van der Waals surface area contributed by atoms with Gasteiger partial charge in [-0.3, -0.25) is 9.52 Å². The van der Waals surface area contributed by atoms with Crippen molar-refractivity contribution >= 4 is 33.0 Å². The molecule has 0 bridgehead atoms. The first-order valence-electron chi connectivity index (χ1n) is 9.21. The SMILES string of the molecule is O=C(c1ccc(NS(=O)(=O)c2cccs2)cc1O)N1CCCC1c1ccccc1. The van der Waals surface area contributed by atoms with Crippen molar-refractivity contribution in [1.29, 1.82) is 0 Å². The molecule has 1 aliphatic rings. The average Bonchev–Trinajstić information content (AvgIpc) is 3.40. The number of hydrogen-bond donors (Lipinski definition) is 2. The number of amides is 1. The molecular weight excluding hydrogens is 408 g/mol. The Labute approximate surface area is 173 Å². The van der Waals surface area contributed by atoms with Crippen LogP contribution in [0.25, 0.3) is 0 Å². The van der Waals surface area contributed by atoms with Crippen LogP contribution in [0.15, 0.2) is 70.3 Å². The molecule has 4 rings (SSSR count). The molecular formula is C21H20N2O4S2. The van der Waals surface area contributed by atoms with E-state index in [2.05, 4.69) is 4.72 Å². The lowest BCUT2D eigenvalue weighted by Gasteiger charge is -2.25. The van der Waals surface area contributed by atoms with Crippen molar-refractivity contribution in [3.8, 4) is 5.75 Å². The maximum atomic E-state index is 13.1. The number of likely N-dealkylation sites (tertiary alicyclic amines) is 1. The van der Waals surface area contributed by atoms with E-state index in [0.717, 1.165) is 29.7 Å². The van der Waals surface area contributed by atoms with Gasteiger partial charge in [-0.2, -0.15) is 0 Å². The van der Waals surface area contributed by atoms with E-state index in [1.165, 1.54) is 24.3 Å². The van der Waals surface area contributed by atoms with Crippen molar-refractivity contribution < 1.29 is 18.3 Å². The lowest BCUT2D eigenvalue weighted by atomic mass is 10.0. The first kappa shape index (κ1) is 19.5. The molecule has 1 aliphatic heterocycles. The molecule has 0 radical (unpaired) electrons. The predicted octanol–water partition coefficient (Wildman–Crippen LogP) is 4.23. The second-order valence-corrected chi connectivity index (χ2v) is 9.69. The van der Waals surface area contributed by atoms with Gasteiger partial charge in [-0.25, -0.2) is 8.42 Å². The third kappa shape index (κ3) is 3.99. The van der Waals surface area contributed by atoms with Crippen LogP contribution in [0.4, 0.5) is 5.69 Å². The number of phenolic OH excluding ortho intramolecular Hbond substituents is 1. The minimum absolute atomic E-state index is 0.0277. The highest BCUT2D eigenvalue weighted by Crippen LogP contribution is 2.35. The van der Waals surface area contributed by atoms with Gasteiger partial charge in [-0.1, -0.05) is 36.4 Å². The zero-order valence-corrected chi connectivity index (χ0v) is 17.1. The van der Waals surface area contributed by atoms with Crippen LogP contribution in [0.3, 0.4) is 0 Å². The van der Waals surface area contributed by atoms with Gasteiger partial charge in [0.25, 0.3) is 15.9 Å². The second-order valence-electron chi connectivity index (χ2n) is 6.84. The fourth-order valence-electron chi connectivity index (χ4n) is 3.58. The second kappa shape index (κ2) is 7.88. The van der Waals surface area contributed by atoms with Crippen LogP contribution in [-0.4, -0.2) is 30.9 Å². The minimum Gasteiger partial charge on any atom is -0.507 e. The Balaban J connectivity index is 1.55. The molecule has 2 heterocycles. The third-order valence-corrected chi connectivity index (χ3v) is 7.72. The van der Waals surface area contributed by atoms with Gasteiger partial charge < -0.3 is 10.0 Å². The molecule has 2 N–H and O–H groups in total. The van der Waals surface area contributed by atoms with Gasteiger partial charge in [0, 0.05) is 12.6 Å². The zero-order valence-electron chi connectivity index (χ0n) is 15.5. The molecule has 0 saturated carbocycles. The summed E-state index contributed by atoms with van der Waals surface area (Å²) in [4.78, 5) is 14.8. The lowest BCUT2D eigenvalue weighted by molar-refractivity contribution is 0.0732. The van der Waals surface area contributed by atoms with E-state index >= 15 is 0 Å². The number of anilines is 1. The summed E-state index contributed by atoms with van der Waals surface area (Å²) in [6, 6.07) is 17.2. The molecule has 150 valence electrons. The van der Waals surface area contributed by atoms with Gasteiger partial charge in [0.15, 0.2) is 0 Å². The van der Waals surface area contributed by atoms with Crippen LogP contribution >= 0.6 is 11.3 Å². The van der Waals surface area contributed by atoms with Crippen LogP contribution in [0.1, 0.15) is 34.8 Å². The van der Waals surface area contributed by atoms with Gasteiger partial charge in [0.05, 0.1) is 17.3 Å². The molecule has 8 heteroatoms. The topological polar surface area (TPSA) is 86.7 Å². The summed E-state index contributed by atoms with van der Waals surface area (Å²) in [7, 11) is -3.72. The Bertz CT molecular complexity index is 1110. The summed E-state index contributed by atoms with van der Waals surface area (Å²) >= 11 is 1.10. The number of aromatic hydroxyl groups is 1. The summed E-state index contributed by atoms with van der Waals surface area (Å²) in [6.45, 7) is 0.616.